The van der Waals surface area contributed by atoms with Gasteiger partial charge in [0.05, 0.1) is 0 Å². The summed E-state index contributed by atoms with van der Waals surface area (Å²) in [6, 6.07) is 0. The van der Waals surface area contributed by atoms with Gasteiger partial charge in [0.2, 0.25) is 0 Å². The van der Waals surface area contributed by atoms with Crippen LogP contribution < -0.4 is 0 Å². The van der Waals surface area contributed by atoms with Crippen molar-refractivity contribution in [2.75, 3.05) is 0 Å². The molecular formula is C20H42. The number of hydrogen-bond donors (Lipinski definition) is 0. The Hall–Kier alpha value is 0. The Morgan fingerprint density at radius 2 is 1.35 bits per heavy atom. The molecule has 0 bridgehead atoms. The quantitative estimate of drug-likeness (QED) is 0.459. The molecule has 0 heteroatoms. The van der Waals surface area contributed by atoms with Gasteiger partial charge in [0, 0.05) is 0 Å². The number of unbranched alkanes of at least 4 members (excludes halogenated alkanes) is 1. The van der Waals surface area contributed by atoms with Gasteiger partial charge in [-0.2, -0.15) is 0 Å². The fraction of sp³-hybridized carbons (Fsp3) is 1.00. The lowest BCUT2D eigenvalue weighted by Crippen LogP contribution is -2.22. The highest BCUT2D eigenvalue weighted by molar-refractivity contribution is 4.79. The van der Waals surface area contributed by atoms with E-state index in [1.807, 2.05) is 0 Å². The van der Waals surface area contributed by atoms with E-state index in [1.54, 1.807) is 0 Å². The lowest BCUT2D eigenvalue weighted by atomic mass is 9.73. The highest BCUT2D eigenvalue weighted by Gasteiger charge is 2.28. The first-order valence-electron chi connectivity index (χ1n) is 9.33. The van der Waals surface area contributed by atoms with Crippen LogP contribution in [0, 0.1) is 23.2 Å². The van der Waals surface area contributed by atoms with Crippen molar-refractivity contribution in [1.82, 2.24) is 0 Å². The second-order valence-electron chi connectivity index (χ2n) is 8.09. The second kappa shape index (κ2) is 10.7. The van der Waals surface area contributed by atoms with Crippen LogP contribution in [0.2, 0.25) is 0 Å². The molecule has 122 valence electrons. The molecule has 0 radical (unpaired) electrons. The lowest BCUT2D eigenvalue weighted by molar-refractivity contribution is 0.185. The Morgan fingerprint density at radius 1 is 0.850 bits per heavy atom. The van der Waals surface area contributed by atoms with Crippen LogP contribution in [0.4, 0.5) is 0 Å². The highest BCUT2D eigenvalue weighted by atomic mass is 14.3. The SMILES string of the molecule is CC(C)C1(C)CCCCCC1.CCCCC(C)C(C)C. The fourth-order valence-corrected chi connectivity index (χ4v) is 2.97. The summed E-state index contributed by atoms with van der Waals surface area (Å²) in [6.45, 7) is 16.5. The van der Waals surface area contributed by atoms with Gasteiger partial charge in [-0.1, -0.05) is 93.4 Å². The Labute approximate surface area is 130 Å². The van der Waals surface area contributed by atoms with E-state index >= 15 is 0 Å². The van der Waals surface area contributed by atoms with Gasteiger partial charge < -0.3 is 0 Å². The molecule has 1 unspecified atom stereocenters. The molecule has 1 rings (SSSR count). The molecule has 1 fully saturated rings. The maximum Gasteiger partial charge on any atom is -0.0303 e. The van der Waals surface area contributed by atoms with Crippen molar-refractivity contribution >= 4 is 0 Å². The van der Waals surface area contributed by atoms with E-state index in [0.717, 1.165) is 17.8 Å². The molecule has 0 aromatic heterocycles. The number of hydrogen-bond acceptors (Lipinski definition) is 0. The van der Waals surface area contributed by atoms with Crippen molar-refractivity contribution in [3.8, 4) is 0 Å². The van der Waals surface area contributed by atoms with Gasteiger partial charge in [-0.3, -0.25) is 0 Å². The summed E-state index contributed by atoms with van der Waals surface area (Å²) in [5, 5.41) is 0. The zero-order chi connectivity index (χ0) is 15.6. The van der Waals surface area contributed by atoms with Crippen molar-refractivity contribution in [2.45, 2.75) is 106 Å². The minimum absolute atomic E-state index is 0.663. The summed E-state index contributed by atoms with van der Waals surface area (Å²) in [5.41, 5.74) is 0.663. The molecule has 0 heterocycles. The van der Waals surface area contributed by atoms with Gasteiger partial charge >= 0.3 is 0 Å². The molecule has 1 saturated carbocycles. The summed E-state index contributed by atoms with van der Waals surface area (Å²) in [6.07, 6.45) is 13.0. The Balaban J connectivity index is 0.000000370. The fourth-order valence-electron chi connectivity index (χ4n) is 2.97. The third-order valence-electron chi connectivity index (χ3n) is 5.79. The molecule has 0 N–H and O–H groups in total. The molecule has 1 aliphatic carbocycles. The van der Waals surface area contributed by atoms with Gasteiger partial charge in [-0.05, 0) is 36.0 Å². The third kappa shape index (κ3) is 8.32. The van der Waals surface area contributed by atoms with Crippen molar-refractivity contribution in [3.63, 3.8) is 0 Å². The Bertz CT molecular complexity index is 206. The Morgan fingerprint density at radius 3 is 1.70 bits per heavy atom. The zero-order valence-electron chi connectivity index (χ0n) is 15.6. The van der Waals surface area contributed by atoms with Crippen molar-refractivity contribution in [1.29, 1.82) is 0 Å². The summed E-state index contributed by atoms with van der Waals surface area (Å²) in [4.78, 5) is 0. The van der Waals surface area contributed by atoms with E-state index in [-0.39, 0.29) is 0 Å². The minimum atomic E-state index is 0.663. The normalized spacial score (nSPS) is 20.2. The third-order valence-corrected chi connectivity index (χ3v) is 5.79. The molecule has 20 heavy (non-hydrogen) atoms. The maximum atomic E-state index is 2.48. The first-order chi connectivity index (χ1) is 9.33. The van der Waals surface area contributed by atoms with E-state index in [9.17, 15) is 0 Å². The van der Waals surface area contributed by atoms with Gasteiger partial charge in [-0.15, -0.1) is 0 Å². The number of rotatable bonds is 5. The van der Waals surface area contributed by atoms with Crippen LogP contribution in [0.5, 0.6) is 0 Å². The largest absolute Gasteiger partial charge is 0.0654 e. The molecule has 0 spiro atoms. The average Bonchev–Trinajstić information content (AvgIpc) is 2.62. The van der Waals surface area contributed by atoms with Crippen molar-refractivity contribution in [3.05, 3.63) is 0 Å². The lowest BCUT2D eigenvalue weighted by Gasteiger charge is -2.32. The average molecular weight is 283 g/mol. The minimum Gasteiger partial charge on any atom is -0.0654 e. The topological polar surface area (TPSA) is 0 Å². The smallest absolute Gasteiger partial charge is 0.0303 e. The molecule has 0 aliphatic heterocycles. The Kier molecular flexibility index (Phi) is 10.7. The van der Waals surface area contributed by atoms with E-state index in [0.29, 0.717) is 5.41 Å². The molecule has 1 atom stereocenters. The van der Waals surface area contributed by atoms with Crippen molar-refractivity contribution in [2.24, 2.45) is 23.2 Å². The molecule has 0 amide bonds. The van der Waals surface area contributed by atoms with E-state index in [2.05, 4.69) is 48.5 Å². The van der Waals surface area contributed by atoms with E-state index in [1.165, 1.54) is 57.8 Å². The van der Waals surface area contributed by atoms with Crippen LogP contribution in [0.1, 0.15) is 106 Å². The van der Waals surface area contributed by atoms with Crippen molar-refractivity contribution < 1.29 is 0 Å². The molecule has 0 saturated heterocycles. The predicted molar refractivity (Wildman–Crippen MR) is 94.2 cm³/mol. The van der Waals surface area contributed by atoms with Gasteiger partial charge in [0.25, 0.3) is 0 Å². The van der Waals surface area contributed by atoms with Crippen LogP contribution in [0.25, 0.3) is 0 Å². The molecular weight excluding hydrogens is 240 g/mol. The van der Waals surface area contributed by atoms with Gasteiger partial charge in [0.1, 0.15) is 0 Å². The van der Waals surface area contributed by atoms with Crippen LogP contribution in [0.15, 0.2) is 0 Å². The summed E-state index contributed by atoms with van der Waals surface area (Å²) in [7, 11) is 0. The van der Waals surface area contributed by atoms with Crippen LogP contribution >= 0.6 is 0 Å². The highest BCUT2D eigenvalue weighted by Crippen LogP contribution is 2.40. The first-order valence-corrected chi connectivity index (χ1v) is 9.33. The molecule has 0 nitrogen and oxygen atoms in total. The molecule has 0 aromatic carbocycles. The van der Waals surface area contributed by atoms with Crippen LogP contribution in [-0.4, -0.2) is 0 Å². The van der Waals surface area contributed by atoms with Crippen LogP contribution in [-0.2, 0) is 0 Å². The monoisotopic (exact) mass is 282 g/mol. The summed E-state index contributed by atoms with van der Waals surface area (Å²) < 4.78 is 0. The van der Waals surface area contributed by atoms with Crippen LogP contribution in [0.3, 0.4) is 0 Å². The second-order valence-corrected chi connectivity index (χ2v) is 8.09. The molecule has 1 aliphatic rings. The summed E-state index contributed by atoms with van der Waals surface area (Å²) in [5.74, 6) is 2.67. The predicted octanol–water partition coefficient (Wildman–Crippen LogP) is 7.47. The van der Waals surface area contributed by atoms with Gasteiger partial charge in [0.15, 0.2) is 0 Å². The maximum absolute atomic E-state index is 2.48. The standard InChI is InChI=1S/C11H22.C9H20/c1-10(2)11(3)8-6-4-5-7-9-11;1-5-6-7-9(4)8(2)3/h10H,4-9H2,1-3H3;8-9H,5-7H2,1-4H3. The van der Waals surface area contributed by atoms with Gasteiger partial charge in [-0.25, -0.2) is 0 Å². The first kappa shape index (κ1) is 20.0. The van der Waals surface area contributed by atoms with E-state index in [4.69, 9.17) is 0 Å². The summed E-state index contributed by atoms with van der Waals surface area (Å²) >= 11 is 0. The molecule has 0 aromatic rings. The van der Waals surface area contributed by atoms with E-state index < -0.39 is 0 Å². The zero-order valence-corrected chi connectivity index (χ0v) is 15.6.